The average molecular weight is 488 g/mol. The number of carbonyl (C=O) groups excluding carboxylic acids is 1. The topological polar surface area (TPSA) is 87.3 Å². The average Bonchev–Trinajstić information content (AvgIpc) is 3.31. The molecule has 4 aromatic rings. The molecule has 4 rings (SSSR count). The van der Waals surface area contributed by atoms with Crippen LogP contribution in [0.1, 0.15) is 51.6 Å². The molecule has 0 aliphatic carbocycles. The van der Waals surface area contributed by atoms with Gasteiger partial charge >= 0.3 is 0 Å². The molecule has 3 aromatic heterocycles. The highest BCUT2D eigenvalue weighted by Gasteiger charge is 2.37. The zero-order valence-corrected chi connectivity index (χ0v) is 22.0. The van der Waals surface area contributed by atoms with E-state index in [9.17, 15) is 4.79 Å². The second kappa shape index (κ2) is 9.72. The summed E-state index contributed by atoms with van der Waals surface area (Å²) in [5.41, 5.74) is 4.01. The van der Waals surface area contributed by atoms with Crippen LogP contribution in [-0.2, 0) is 23.1 Å². The molecule has 0 aliphatic heterocycles. The highest BCUT2D eigenvalue weighted by Crippen LogP contribution is 2.40. The van der Waals surface area contributed by atoms with Crippen molar-refractivity contribution in [3.63, 3.8) is 0 Å². The number of hydrogen-bond donors (Lipinski definition) is 0. The predicted octanol–water partition coefficient (Wildman–Crippen LogP) is 5.98. The first-order valence-corrected chi connectivity index (χ1v) is 12.0. The highest BCUT2D eigenvalue weighted by molar-refractivity contribution is 5.86. The van der Waals surface area contributed by atoms with E-state index < -0.39 is 0 Å². The number of carbonyl (C=O) groups is 1. The summed E-state index contributed by atoms with van der Waals surface area (Å²) in [5, 5.41) is 5.16. The summed E-state index contributed by atoms with van der Waals surface area (Å²) in [4.78, 5) is 21.8. The second-order valence-electron chi connectivity index (χ2n) is 10.6. The number of methoxy groups -OCH3 is 2. The summed E-state index contributed by atoms with van der Waals surface area (Å²) in [6.07, 6.45) is 4.00. The van der Waals surface area contributed by atoms with Gasteiger partial charge in [-0.3, -0.25) is 14.8 Å². The van der Waals surface area contributed by atoms with Gasteiger partial charge in [0.15, 0.2) is 11.5 Å². The molecular formula is C29H33N3O4. The van der Waals surface area contributed by atoms with Crippen molar-refractivity contribution in [2.24, 2.45) is 5.41 Å². The minimum atomic E-state index is -0.174. The van der Waals surface area contributed by atoms with Gasteiger partial charge in [-0.25, -0.2) is 0 Å². The van der Waals surface area contributed by atoms with Crippen molar-refractivity contribution < 1.29 is 18.8 Å². The Morgan fingerprint density at radius 3 is 2.25 bits per heavy atom. The lowest BCUT2D eigenvalue weighted by atomic mass is 9.67. The van der Waals surface area contributed by atoms with Crippen molar-refractivity contribution in [2.75, 3.05) is 14.2 Å². The van der Waals surface area contributed by atoms with Crippen molar-refractivity contribution in [1.29, 1.82) is 0 Å². The molecule has 188 valence electrons. The number of pyridine rings is 2. The Hall–Kier alpha value is -3.74. The normalized spacial score (nSPS) is 12.1. The molecule has 0 N–H and O–H groups in total. The fraction of sp³-hybridized carbons (Fsp3) is 0.379. The van der Waals surface area contributed by atoms with Crippen LogP contribution in [0, 0.1) is 5.41 Å². The van der Waals surface area contributed by atoms with Gasteiger partial charge in [-0.05, 0) is 29.2 Å². The summed E-state index contributed by atoms with van der Waals surface area (Å²) in [6, 6.07) is 11.5. The molecular weight excluding hydrogens is 454 g/mol. The van der Waals surface area contributed by atoms with Gasteiger partial charge in [0, 0.05) is 47.3 Å². The van der Waals surface area contributed by atoms with Crippen LogP contribution in [0.5, 0.6) is 11.5 Å². The van der Waals surface area contributed by atoms with Crippen LogP contribution < -0.4 is 9.47 Å². The lowest BCUT2D eigenvalue weighted by Crippen LogP contribution is -2.34. The van der Waals surface area contributed by atoms with Crippen molar-refractivity contribution in [3.8, 4) is 22.8 Å². The minimum Gasteiger partial charge on any atom is -0.493 e. The van der Waals surface area contributed by atoms with E-state index in [0.717, 1.165) is 33.4 Å². The van der Waals surface area contributed by atoms with Crippen molar-refractivity contribution in [3.05, 3.63) is 65.8 Å². The molecule has 0 saturated carbocycles. The molecule has 0 spiro atoms. The molecule has 0 aliphatic rings. The third-order valence-electron chi connectivity index (χ3n) is 7.15. The van der Waals surface area contributed by atoms with Crippen LogP contribution in [0.4, 0.5) is 0 Å². The lowest BCUT2D eigenvalue weighted by molar-refractivity contribution is -0.118. The first-order chi connectivity index (χ1) is 17.0. The van der Waals surface area contributed by atoms with Crippen LogP contribution >= 0.6 is 0 Å². The molecule has 0 saturated heterocycles. The van der Waals surface area contributed by atoms with Crippen LogP contribution in [0.3, 0.4) is 0 Å². The van der Waals surface area contributed by atoms with Gasteiger partial charge in [0.05, 0.1) is 37.5 Å². The Bertz CT molecular complexity index is 1380. The summed E-state index contributed by atoms with van der Waals surface area (Å²) in [6.45, 7) is 10.8. The Labute approximate surface area is 211 Å². The molecule has 7 heteroatoms. The van der Waals surface area contributed by atoms with Crippen LogP contribution in [0.15, 0.2) is 53.3 Å². The van der Waals surface area contributed by atoms with Crippen molar-refractivity contribution in [1.82, 2.24) is 15.1 Å². The molecule has 0 unspecified atom stereocenters. The first-order valence-electron chi connectivity index (χ1n) is 12.0. The predicted molar refractivity (Wildman–Crippen MR) is 139 cm³/mol. The molecule has 1 aromatic carbocycles. The van der Waals surface area contributed by atoms with Gasteiger partial charge in [0.2, 0.25) is 0 Å². The Kier molecular flexibility index (Phi) is 6.85. The fourth-order valence-electron chi connectivity index (χ4n) is 3.85. The van der Waals surface area contributed by atoms with Crippen LogP contribution in [0.25, 0.3) is 22.2 Å². The van der Waals surface area contributed by atoms with Gasteiger partial charge in [-0.15, -0.1) is 0 Å². The summed E-state index contributed by atoms with van der Waals surface area (Å²) in [5.74, 6) is 1.92. The van der Waals surface area contributed by atoms with Gasteiger partial charge in [0.1, 0.15) is 11.5 Å². The molecule has 0 bridgehead atoms. The zero-order valence-electron chi connectivity index (χ0n) is 22.0. The van der Waals surface area contributed by atoms with Crippen molar-refractivity contribution in [2.45, 2.75) is 52.9 Å². The van der Waals surface area contributed by atoms with Crippen LogP contribution in [0.2, 0.25) is 0 Å². The van der Waals surface area contributed by atoms with E-state index >= 15 is 0 Å². The number of aromatic nitrogens is 3. The number of ketones is 1. The SMILES string of the molecule is COc1cc2cc(-c3ccc(CC(=O)Cc4cc(C(C)(C)C(C)(C)C)no4)cn3)cnc2cc1OC. The molecule has 36 heavy (non-hydrogen) atoms. The van der Waals surface area contributed by atoms with Gasteiger partial charge in [-0.1, -0.05) is 45.8 Å². The minimum absolute atomic E-state index is 0.0120. The van der Waals surface area contributed by atoms with E-state index in [1.54, 1.807) is 26.6 Å². The number of nitrogens with zero attached hydrogens (tertiary/aromatic N) is 3. The summed E-state index contributed by atoms with van der Waals surface area (Å²) in [7, 11) is 3.21. The molecule has 0 fully saturated rings. The standard InChI is InChI=1S/C29H33N3O4/c1-28(2,3)29(4,5)27-14-22(36-32-27)13-21(33)10-18-8-9-23(30-16-18)20-11-19-12-25(34-6)26(35-7)15-24(19)31-17-20/h8-9,11-12,14-17H,10,13H2,1-7H3. The first kappa shape index (κ1) is 25.4. The van der Waals surface area contributed by atoms with E-state index in [1.165, 1.54) is 0 Å². The van der Waals surface area contributed by atoms with Crippen molar-refractivity contribution >= 4 is 16.7 Å². The molecule has 0 atom stereocenters. The lowest BCUT2D eigenvalue weighted by Gasteiger charge is -2.36. The van der Waals surface area contributed by atoms with Gasteiger partial charge in [0.25, 0.3) is 0 Å². The maximum Gasteiger partial charge on any atom is 0.162 e. The number of hydrogen-bond acceptors (Lipinski definition) is 7. The highest BCUT2D eigenvalue weighted by atomic mass is 16.5. The zero-order chi connectivity index (χ0) is 26.1. The number of rotatable bonds is 8. The monoisotopic (exact) mass is 487 g/mol. The number of Topliss-reactive ketones (excluding diaryl/α,β-unsaturated/α-hetero) is 1. The molecule has 0 amide bonds. The number of benzene rings is 1. The van der Waals surface area contributed by atoms with Crippen LogP contribution in [-0.4, -0.2) is 35.1 Å². The largest absolute Gasteiger partial charge is 0.493 e. The van der Waals surface area contributed by atoms with Gasteiger partial charge < -0.3 is 14.0 Å². The number of fused-ring (bicyclic) bond motifs is 1. The van der Waals surface area contributed by atoms with E-state index in [0.29, 0.717) is 17.3 Å². The third-order valence-corrected chi connectivity index (χ3v) is 7.15. The number of ether oxygens (including phenoxy) is 2. The summed E-state index contributed by atoms with van der Waals surface area (Å²) < 4.78 is 16.3. The van der Waals surface area contributed by atoms with E-state index in [2.05, 4.69) is 49.7 Å². The maximum absolute atomic E-state index is 12.7. The molecule has 0 radical (unpaired) electrons. The van der Waals surface area contributed by atoms with E-state index in [1.807, 2.05) is 36.4 Å². The van der Waals surface area contributed by atoms with E-state index in [4.69, 9.17) is 14.0 Å². The smallest absolute Gasteiger partial charge is 0.162 e. The fourth-order valence-corrected chi connectivity index (χ4v) is 3.85. The summed E-state index contributed by atoms with van der Waals surface area (Å²) >= 11 is 0. The molecule has 7 nitrogen and oxygen atoms in total. The second-order valence-corrected chi connectivity index (χ2v) is 10.6. The quantitative estimate of drug-likeness (QED) is 0.302. The van der Waals surface area contributed by atoms with Gasteiger partial charge in [-0.2, -0.15) is 0 Å². The Morgan fingerprint density at radius 2 is 1.61 bits per heavy atom. The third kappa shape index (κ3) is 5.10. The Morgan fingerprint density at radius 1 is 0.889 bits per heavy atom. The maximum atomic E-state index is 12.7. The Balaban J connectivity index is 1.45. The van der Waals surface area contributed by atoms with E-state index in [-0.39, 0.29) is 29.5 Å². The molecule has 3 heterocycles.